The lowest BCUT2D eigenvalue weighted by Crippen LogP contribution is -2.10. The van der Waals surface area contributed by atoms with Crippen LogP contribution in [0.2, 0.25) is 0 Å². The molecule has 0 atom stereocenters. The second-order valence-electron chi connectivity index (χ2n) is 3.08. The van der Waals surface area contributed by atoms with E-state index in [-0.39, 0.29) is 5.69 Å². The van der Waals surface area contributed by atoms with Crippen LogP contribution in [0, 0.1) is 13.8 Å². The maximum atomic E-state index is 11.0. The fraction of sp³-hybridized carbons (Fsp3) is 0.222. The summed E-state index contributed by atoms with van der Waals surface area (Å²) in [5.41, 5.74) is 2.41. The molecule has 0 aliphatic rings. The summed E-state index contributed by atoms with van der Waals surface area (Å²) in [7, 11) is 0. The summed E-state index contributed by atoms with van der Waals surface area (Å²) in [5.74, 6) is 0. The first-order valence-electron chi connectivity index (χ1n) is 4.16. The van der Waals surface area contributed by atoms with Crippen molar-refractivity contribution in [1.82, 2.24) is 14.3 Å². The number of rotatable bonds is 1. The minimum absolute atomic E-state index is 0.323. The van der Waals surface area contributed by atoms with Crippen LogP contribution in [0.3, 0.4) is 0 Å². The van der Waals surface area contributed by atoms with Gasteiger partial charge in [0.1, 0.15) is 0 Å². The summed E-state index contributed by atoms with van der Waals surface area (Å²) in [4.78, 5) is 18.4. The highest BCUT2D eigenvalue weighted by Crippen LogP contribution is 2.23. The second-order valence-corrected chi connectivity index (χ2v) is 3.88. The van der Waals surface area contributed by atoms with Gasteiger partial charge >= 0.3 is 5.69 Å². The lowest BCUT2D eigenvalue weighted by Gasteiger charge is -1.99. The van der Waals surface area contributed by atoms with E-state index in [1.54, 1.807) is 6.20 Å². The van der Waals surface area contributed by atoms with Gasteiger partial charge < -0.3 is 4.98 Å². The van der Waals surface area contributed by atoms with E-state index in [1.807, 2.05) is 19.9 Å². The molecule has 0 bridgehead atoms. The third-order valence-corrected chi connectivity index (χ3v) is 2.77. The molecule has 14 heavy (non-hydrogen) atoms. The number of hydrogen-bond donors (Lipinski definition) is 1. The van der Waals surface area contributed by atoms with Crippen LogP contribution in [0.15, 0.2) is 17.1 Å². The molecule has 0 saturated carbocycles. The van der Waals surface area contributed by atoms with E-state index < -0.39 is 0 Å². The highest BCUT2D eigenvalue weighted by Gasteiger charge is 2.06. The van der Waals surface area contributed by atoms with Gasteiger partial charge in [0, 0.05) is 6.20 Å². The molecule has 5 heteroatoms. The lowest BCUT2D eigenvalue weighted by molar-refractivity contribution is 1.06. The largest absolute Gasteiger partial charge is 0.345 e. The van der Waals surface area contributed by atoms with Gasteiger partial charge in [-0.2, -0.15) is 4.37 Å². The van der Waals surface area contributed by atoms with Crippen LogP contribution in [0.25, 0.3) is 10.6 Å². The first kappa shape index (κ1) is 9.08. The topological polar surface area (TPSA) is 58.6 Å². The van der Waals surface area contributed by atoms with Gasteiger partial charge in [-0.1, -0.05) is 0 Å². The van der Waals surface area contributed by atoms with Crippen molar-refractivity contribution in [3.63, 3.8) is 0 Å². The molecule has 2 heterocycles. The van der Waals surface area contributed by atoms with Gasteiger partial charge in [0.2, 0.25) is 0 Å². The van der Waals surface area contributed by atoms with Gasteiger partial charge in [0.05, 0.1) is 16.3 Å². The van der Waals surface area contributed by atoms with Crippen molar-refractivity contribution in [2.75, 3.05) is 0 Å². The molecule has 4 nitrogen and oxygen atoms in total. The number of aromatic nitrogens is 3. The van der Waals surface area contributed by atoms with Crippen LogP contribution in [-0.4, -0.2) is 14.3 Å². The summed E-state index contributed by atoms with van der Waals surface area (Å²) < 4.78 is 4.16. The molecular weight excluding hydrogens is 198 g/mol. The first-order valence-corrected chi connectivity index (χ1v) is 4.94. The summed E-state index contributed by atoms with van der Waals surface area (Å²) in [6.07, 6.45) is 1.57. The average molecular weight is 207 g/mol. The summed E-state index contributed by atoms with van der Waals surface area (Å²) in [5, 5.41) is 0. The Hall–Kier alpha value is -1.49. The van der Waals surface area contributed by atoms with E-state index in [9.17, 15) is 4.79 Å². The number of aryl methyl sites for hydroxylation is 2. The molecule has 0 unspecified atom stereocenters. The molecule has 0 amide bonds. The van der Waals surface area contributed by atoms with E-state index in [0.717, 1.165) is 21.8 Å². The van der Waals surface area contributed by atoms with Crippen LogP contribution in [0.4, 0.5) is 0 Å². The van der Waals surface area contributed by atoms with Crippen molar-refractivity contribution >= 4 is 11.5 Å². The van der Waals surface area contributed by atoms with Crippen molar-refractivity contribution < 1.29 is 0 Å². The van der Waals surface area contributed by atoms with E-state index in [0.29, 0.717) is 0 Å². The smallest absolute Gasteiger partial charge is 0.304 e. The first-order chi connectivity index (χ1) is 6.66. The van der Waals surface area contributed by atoms with E-state index in [2.05, 4.69) is 14.3 Å². The van der Waals surface area contributed by atoms with Gasteiger partial charge in [0.15, 0.2) is 0 Å². The minimum Gasteiger partial charge on any atom is -0.304 e. The van der Waals surface area contributed by atoms with Gasteiger partial charge in [0.25, 0.3) is 0 Å². The zero-order valence-corrected chi connectivity index (χ0v) is 8.68. The Morgan fingerprint density at radius 2 is 2.21 bits per heavy atom. The lowest BCUT2D eigenvalue weighted by atomic mass is 10.2. The van der Waals surface area contributed by atoms with Crippen molar-refractivity contribution in [2.45, 2.75) is 13.8 Å². The third-order valence-electron chi connectivity index (χ3n) is 1.88. The quantitative estimate of drug-likeness (QED) is 0.771. The molecule has 0 spiro atoms. The number of H-pyrrole nitrogens is 1. The van der Waals surface area contributed by atoms with Crippen LogP contribution < -0.4 is 5.69 Å². The Kier molecular flexibility index (Phi) is 2.17. The molecule has 0 aliphatic heterocycles. The maximum absolute atomic E-state index is 11.0. The normalized spacial score (nSPS) is 10.4. The standard InChI is InChI=1S/C9H9N3OS/c1-5-4-10-9(13)11-8(5)7-3-6(2)12-14-7/h3-4H,1-2H3,(H,10,11,13). The summed E-state index contributed by atoms with van der Waals surface area (Å²) in [6, 6.07) is 1.95. The zero-order valence-electron chi connectivity index (χ0n) is 7.87. The van der Waals surface area contributed by atoms with E-state index in [4.69, 9.17) is 0 Å². The molecule has 0 saturated heterocycles. The van der Waals surface area contributed by atoms with E-state index >= 15 is 0 Å². The Bertz CT molecular complexity index is 515. The van der Waals surface area contributed by atoms with Crippen molar-refractivity contribution in [3.05, 3.63) is 34.0 Å². The second kappa shape index (κ2) is 3.34. The zero-order chi connectivity index (χ0) is 10.1. The predicted molar refractivity (Wildman–Crippen MR) is 55.4 cm³/mol. The molecule has 0 aromatic carbocycles. The molecule has 0 aliphatic carbocycles. The maximum Gasteiger partial charge on any atom is 0.345 e. The highest BCUT2D eigenvalue weighted by molar-refractivity contribution is 7.09. The third kappa shape index (κ3) is 1.58. The van der Waals surface area contributed by atoms with Gasteiger partial charge in [-0.3, -0.25) is 0 Å². The SMILES string of the molecule is Cc1cc(-c2[nH]c(=O)ncc2C)sn1. The molecule has 2 rings (SSSR count). The number of nitrogens with one attached hydrogen (secondary N) is 1. The minimum atomic E-state index is -0.323. The highest BCUT2D eigenvalue weighted by atomic mass is 32.1. The Labute approximate surface area is 84.8 Å². The Balaban J connectivity index is 2.61. The fourth-order valence-electron chi connectivity index (χ4n) is 1.20. The van der Waals surface area contributed by atoms with Crippen molar-refractivity contribution in [2.24, 2.45) is 0 Å². The number of nitrogens with zero attached hydrogens (tertiary/aromatic N) is 2. The Morgan fingerprint density at radius 1 is 1.43 bits per heavy atom. The Morgan fingerprint density at radius 3 is 2.86 bits per heavy atom. The van der Waals surface area contributed by atoms with E-state index in [1.165, 1.54) is 11.5 Å². The summed E-state index contributed by atoms with van der Waals surface area (Å²) >= 11 is 1.38. The fourth-order valence-corrected chi connectivity index (χ4v) is 2.02. The van der Waals surface area contributed by atoms with Gasteiger partial charge in [-0.25, -0.2) is 9.78 Å². The van der Waals surface area contributed by atoms with Crippen LogP contribution in [0.5, 0.6) is 0 Å². The summed E-state index contributed by atoms with van der Waals surface area (Å²) in [6.45, 7) is 3.84. The molecular formula is C9H9N3OS. The van der Waals surface area contributed by atoms with Gasteiger partial charge in [-0.15, -0.1) is 0 Å². The van der Waals surface area contributed by atoms with Crippen LogP contribution in [-0.2, 0) is 0 Å². The van der Waals surface area contributed by atoms with Crippen LogP contribution in [0.1, 0.15) is 11.3 Å². The average Bonchev–Trinajstić information content (AvgIpc) is 2.56. The predicted octanol–water partition coefficient (Wildman–Crippen LogP) is 1.51. The van der Waals surface area contributed by atoms with Crippen LogP contribution >= 0.6 is 11.5 Å². The molecule has 2 aromatic heterocycles. The molecule has 2 aromatic rings. The molecule has 0 radical (unpaired) electrons. The molecule has 1 N–H and O–H groups in total. The van der Waals surface area contributed by atoms with Crippen molar-refractivity contribution in [3.8, 4) is 10.6 Å². The number of aromatic amines is 1. The van der Waals surface area contributed by atoms with Gasteiger partial charge in [-0.05, 0) is 37.0 Å². The molecule has 0 fully saturated rings. The molecule has 72 valence electrons. The monoisotopic (exact) mass is 207 g/mol. The number of hydrogen-bond acceptors (Lipinski definition) is 4. The van der Waals surface area contributed by atoms with Crippen molar-refractivity contribution in [1.29, 1.82) is 0 Å².